The minimum absolute atomic E-state index is 0.0525. The topological polar surface area (TPSA) is 86.5 Å². The number of esters is 1. The molecule has 0 saturated heterocycles. The van der Waals surface area contributed by atoms with Crippen LogP contribution < -0.4 is 0 Å². The van der Waals surface area contributed by atoms with Crippen molar-refractivity contribution in [2.75, 3.05) is 6.61 Å². The third-order valence-corrected chi connectivity index (χ3v) is 3.63. The van der Waals surface area contributed by atoms with E-state index in [0.717, 1.165) is 6.92 Å². The van der Waals surface area contributed by atoms with E-state index in [2.05, 4.69) is 0 Å². The second-order valence-corrected chi connectivity index (χ2v) is 5.82. The van der Waals surface area contributed by atoms with Gasteiger partial charge in [0, 0.05) is 5.56 Å². The van der Waals surface area contributed by atoms with Gasteiger partial charge in [-0.2, -0.15) is 4.39 Å². The Hall–Kier alpha value is -2.38. The second-order valence-electron chi connectivity index (χ2n) is 5.82. The first-order chi connectivity index (χ1) is 11.1. The molecule has 1 rings (SSSR count). The van der Waals surface area contributed by atoms with Gasteiger partial charge in [-0.1, -0.05) is 13.8 Å². The Balaban J connectivity index is 3.72. The lowest BCUT2D eigenvalue weighted by atomic mass is 9.71. The molecule has 0 N–H and O–H groups in total. The number of nitrogens with zero attached hydrogens (tertiary/aromatic N) is 1. The van der Waals surface area contributed by atoms with Gasteiger partial charge in [-0.3, -0.25) is 19.7 Å². The van der Waals surface area contributed by atoms with Crippen molar-refractivity contribution in [1.82, 2.24) is 0 Å². The number of nitro groups is 1. The van der Waals surface area contributed by atoms with Crippen LogP contribution in [0.3, 0.4) is 0 Å². The minimum Gasteiger partial charge on any atom is -0.465 e. The lowest BCUT2D eigenvalue weighted by molar-refractivity contribution is -0.387. The van der Waals surface area contributed by atoms with Crippen molar-refractivity contribution in [2.24, 2.45) is 5.92 Å². The Kier molecular flexibility index (Phi) is 6.11. The van der Waals surface area contributed by atoms with Gasteiger partial charge in [0.25, 0.3) is 0 Å². The average Bonchev–Trinajstić information content (AvgIpc) is 2.46. The van der Waals surface area contributed by atoms with Crippen LogP contribution in [0.4, 0.5) is 14.5 Å². The van der Waals surface area contributed by atoms with E-state index in [4.69, 9.17) is 4.74 Å². The largest absolute Gasteiger partial charge is 0.465 e. The molecule has 1 unspecified atom stereocenters. The maximum atomic E-state index is 14.5. The van der Waals surface area contributed by atoms with Crippen LogP contribution >= 0.6 is 0 Å². The van der Waals surface area contributed by atoms with Crippen LogP contribution in [0.5, 0.6) is 0 Å². The molecule has 24 heavy (non-hydrogen) atoms. The molecular weight excluding hydrogens is 324 g/mol. The van der Waals surface area contributed by atoms with Crippen molar-refractivity contribution in [3.8, 4) is 0 Å². The summed E-state index contributed by atoms with van der Waals surface area (Å²) in [6.45, 7) is 5.96. The summed E-state index contributed by atoms with van der Waals surface area (Å²) in [6.07, 6.45) is -0.116. The van der Waals surface area contributed by atoms with Gasteiger partial charge in [-0.05, 0) is 32.3 Å². The van der Waals surface area contributed by atoms with Gasteiger partial charge in [0.1, 0.15) is 5.82 Å². The fourth-order valence-electron chi connectivity index (χ4n) is 2.65. The highest BCUT2D eigenvalue weighted by molar-refractivity contribution is 6.08. The fraction of sp³-hybridized carbons (Fsp3) is 0.500. The van der Waals surface area contributed by atoms with E-state index >= 15 is 0 Å². The Labute approximate surface area is 138 Å². The summed E-state index contributed by atoms with van der Waals surface area (Å²) in [6, 6.07) is 0.913. The van der Waals surface area contributed by atoms with E-state index in [1.54, 1.807) is 13.8 Å². The van der Waals surface area contributed by atoms with Crippen molar-refractivity contribution in [3.05, 3.63) is 39.4 Å². The van der Waals surface area contributed by atoms with Crippen LogP contribution in [0.1, 0.15) is 39.7 Å². The zero-order chi connectivity index (χ0) is 18.7. The quantitative estimate of drug-likeness (QED) is 0.328. The number of benzene rings is 1. The van der Waals surface area contributed by atoms with Gasteiger partial charge in [-0.15, -0.1) is 0 Å². The van der Waals surface area contributed by atoms with Gasteiger partial charge in [0.15, 0.2) is 11.2 Å². The Bertz CT molecular complexity index is 675. The third-order valence-electron chi connectivity index (χ3n) is 3.63. The second kappa shape index (κ2) is 7.46. The van der Waals surface area contributed by atoms with Crippen LogP contribution in [0.15, 0.2) is 12.1 Å². The molecule has 0 aliphatic heterocycles. The van der Waals surface area contributed by atoms with Gasteiger partial charge in [0.05, 0.1) is 17.6 Å². The van der Waals surface area contributed by atoms with Crippen LogP contribution in [0.2, 0.25) is 0 Å². The molecule has 6 nitrogen and oxygen atoms in total. The molecule has 1 aromatic rings. The number of nitro benzene ring substituents is 1. The number of carbonyl (C=O) groups is 2. The molecule has 0 saturated carbocycles. The number of carbonyl (C=O) groups excluding carboxylic acids is 2. The lowest BCUT2D eigenvalue weighted by Crippen LogP contribution is -2.45. The first-order valence-corrected chi connectivity index (χ1v) is 7.40. The molecule has 0 heterocycles. The monoisotopic (exact) mass is 343 g/mol. The maximum absolute atomic E-state index is 14.5. The molecule has 0 aromatic heterocycles. The van der Waals surface area contributed by atoms with E-state index < -0.39 is 45.0 Å². The molecule has 132 valence electrons. The predicted molar refractivity (Wildman–Crippen MR) is 81.5 cm³/mol. The smallest absolute Gasteiger partial charge is 0.324 e. The maximum Gasteiger partial charge on any atom is 0.324 e. The van der Waals surface area contributed by atoms with E-state index in [-0.39, 0.29) is 18.9 Å². The molecule has 1 atom stereocenters. The number of hydrogen-bond acceptors (Lipinski definition) is 5. The van der Waals surface area contributed by atoms with E-state index in [0.29, 0.717) is 12.1 Å². The summed E-state index contributed by atoms with van der Waals surface area (Å²) in [4.78, 5) is 34.4. The first-order valence-electron chi connectivity index (χ1n) is 7.40. The van der Waals surface area contributed by atoms with Crippen LogP contribution in [0.25, 0.3) is 0 Å². The van der Waals surface area contributed by atoms with Crippen molar-refractivity contribution in [3.63, 3.8) is 0 Å². The Morgan fingerprint density at radius 3 is 2.29 bits per heavy atom. The fourth-order valence-corrected chi connectivity index (χ4v) is 2.65. The number of Topliss-reactive ketones (excluding diaryl/α,β-unsaturated/α-hetero) is 1. The predicted octanol–water partition coefficient (Wildman–Crippen LogP) is 3.31. The number of ether oxygens (including phenoxy) is 1. The first kappa shape index (κ1) is 19.7. The van der Waals surface area contributed by atoms with Gasteiger partial charge in [0.2, 0.25) is 5.82 Å². The van der Waals surface area contributed by atoms with Gasteiger partial charge >= 0.3 is 11.7 Å². The van der Waals surface area contributed by atoms with Crippen LogP contribution in [-0.2, 0) is 19.7 Å². The highest BCUT2D eigenvalue weighted by Gasteiger charge is 2.49. The molecule has 8 heteroatoms. The molecule has 0 radical (unpaired) electrons. The van der Waals surface area contributed by atoms with E-state index in [1.807, 2.05) is 0 Å². The number of ketones is 1. The highest BCUT2D eigenvalue weighted by Crippen LogP contribution is 2.38. The van der Waals surface area contributed by atoms with Crippen molar-refractivity contribution >= 4 is 17.4 Å². The van der Waals surface area contributed by atoms with Gasteiger partial charge in [-0.25, -0.2) is 4.39 Å². The minimum atomic E-state index is -2.05. The summed E-state index contributed by atoms with van der Waals surface area (Å²) in [5.41, 5.74) is -3.67. The zero-order valence-corrected chi connectivity index (χ0v) is 13.9. The number of halogens is 2. The molecule has 0 bridgehead atoms. The van der Waals surface area contributed by atoms with Crippen molar-refractivity contribution < 1.29 is 28.0 Å². The Morgan fingerprint density at radius 2 is 1.88 bits per heavy atom. The summed E-state index contributed by atoms with van der Waals surface area (Å²) in [5, 5.41) is 10.7. The SMILES string of the molecule is CCOC(=O)C(CC(C)C)(C(C)=O)c1cc(F)c([N+](=O)[O-])cc1F. The molecule has 0 amide bonds. The molecule has 0 aliphatic carbocycles. The molecule has 1 aromatic carbocycles. The van der Waals surface area contributed by atoms with Gasteiger partial charge < -0.3 is 4.74 Å². The standard InChI is InChI=1S/C16H19F2NO5/c1-5-24-15(21)16(10(4)20,8-9(2)3)11-6-13(18)14(19(22)23)7-12(11)17/h6-7,9H,5,8H2,1-4H3. The molecule has 0 spiro atoms. The third kappa shape index (κ3) is 3.58. The summed E-state index contributed by atoms with van der Waals surface area (Å²) in [7, 11) is 0. The summed E-state index contributed by atoms with van der Waals surface area (Å²) in [5.74, 6) is -4.47. The summed E-state index contributed by atoms with van der Waals surface area (Å²) >= 11 is 0. The number of rotatable bonds is 7. The molecular formula is C16H19F2NO5. The molecule has 0 fully saturated rings. The average molecular weight is 343 g/mol. The van der Waals surface area contributed by atoms with Crippen LogP contribution in [0, 0.1) is 27.7 Å². The van der Waals surface area contributed by atoms with Crippen molar-refractivity contribution in [1.29, 1.82) is 0 Å². The summed E-state index contributed by atoms with van der Waals surface area (Å²) < 4.78 is 33.4. The normalized spacial score (nSPS) is 13.5. The lowest BCUT2D eigenvalue weighted by Gasteiger charge is -2.31. The molecule has 0 aliphatic rings. The number of hydrogen-bond donors (Lipinski definition) is 0. The van der Waals surface area contributed by atoms with Crippen LogP contribution in [-0.4, -0.2) is 23.3 Å². The Morgan fingerprint density at radius 1 is 1.29 bits per heavy atom. The van der Waals surface area contributed by atoms with Crippen molar-refractivity contribution in [2.45, 2.75) is 39.5 Å². The zero-order valence-electron chi connectivity index (χ0n) is 13.9. The van der Waals surface area contributed by atoms with E-state index in [9.17, 15) is 28.5 Å². The van der Waals surface area contributed by atoms with E-state index in [1.165, 1.54) is 6.92 Å². The highest BCUT2D eigenvalue weighted by atomic mass is 19.1.